The highest BCUT2D eigenvalue weighted by Gasteiger charge is 2.07. The number of hydrogen-bond donors (Lipinski definition) is 2. The molecule has 0 aliphatic heterocycles. The van der Waals surface area contributed by atoms with Gasteiger partial charge in [-0.1, -0.05) is 39.0 Å². The number of ether oxygens (including phenoxy) is 2. The molecule has 0 aromatic rings. The fourth-order valence-electron chi connectivity index (χ4n) is 1.57. The summed E-state index contributed by atoms with van der Waals surface area (Å²) in [5.41, 5.74) is 0. The van der Waals surface area contributed by atoms with Gasteiger partial charge in [0.1, 0.15) is 12.7 Å². The standard InChI is InChI=1S/C12H24O4.C4H10O/c1-2-3-4-5-6-7-8-12(15)16-10-11(14)9-13;1-3-5-4-2/h11,13-14H,2-10H2,1H3;3-4H2,1-2H3. The largest absolute Gasteiger partial charge is 0.463 e. The van der Waals surface area contributed by atoms with Gasteiger partial charge in [-0.3, -0.25) is 4.79 Å². The molecule has 21 heavy (non-hydrogen) atoms. The molecule has 0 fully saturated rings. The highest BCUT2D eigenvalue weighted by molar-refractivity contribution is 5.69. The lowest BCUT2D eigenvalue weighted by molar-refractivity contribution is -0.147. The molecule has 128 valence electrons. The van der Waals surface area contributed by atoms with Crippen molar-refractivity contribution in [3.8, 4) is 0 Å². The quantitative estimate of drug-likeness (QED) is 0.428. The number of hydrogen-bond acceptors (Lipinski definition) is 5. The lowest BCUT2D eigenvalue weighted by atomic mass is 10.1. The smallest absolute Gasteiger partial charge is 0.305 e. The highest BCUT2D eigenvalue weighted by Crippen LogP contribution is 2.07. The zero-order valence-corrected chi connectivity index (χ0v) is 14.0. The number of carbonyl (C=O) groups is 1. The molecule has 0 aromatic carbocycles. The lowest BCUT2D eigenvalue weighted by Gasteiger charge is -2.08. The average molecular weight is 306 g/mol. The third-order valence-electron chi connectivity index (χ3n) is 2.79. The number of carbonyl (C=O) groups excluding carboxylic acids is 1. The van der Waals surface area contributed by atoms with Crippen LogP contribution >= 0.6 is 0 Å². The Morgan fingerprint density at radius 2 is 1.57 bits per heavy atom. The van der Waals surface area contributed by atoms with Crippen LogP contribution in [-0.2, 0) is 14.3 Å². The summed E-state index contributed by atoms with van der Waals surface area (Å²) in [6.07, 6.45) is 6.23. The Morgan fingerprint density at radius 1 is 1.00 bits per heavy atom. The molecule has 0 rings (SSSR count). The van der Waals surface area contributed by atoms with E-state index in [1.54, 1.807) is 0 Å². The van der Waals surface area contributed by atoms with E-state index in [-0.39, 0.29) is 19.2 Å². The molecular weight excluding hydrogens is 272 g/mol. The zero-order valence-electron chi connectivity index (χ0n) is 14.0. The second kappa shape index (κ2) is 19.4. The number of esters is 1. The van der Waals surface area contributed by atoms with Crippen LogP contribution in [0.4, 0.5) is 0 Å². The highest BCUT2D eigenvalue weighted by atomic mass is 16.5. The third kappa shape index (κ3) is 21.8. The van der Waals surface area contributed by atoms with Gasteiger partial charge in [0.2, 0.25) is 0 Å². The molecule has 0 aliphatic carbocycles. The van der Waals surface area contributed by atoms with Crippen LogP contribution in [0.1, 0.15) is 65.7 Å². The van der Waals surface area contributed by atoms with E-state index < -0.39 is 6.10 Å². The third-order valence-corrected chi connectivity index (χ3v) is 2.79. The minimum absolute atomic E-state index is 0.106. The molecule has 1 unspecified atom stereocenters. The first-order chi connectivity index (χ1) is 10.1. The molecule has 2 N–H and O–H groups in total. The Morgan fingerprint density at radius 3 is 2.05 bits per heavy atom. The van der Waals surface area contributed by atoms with Crippen LogP contribution in [0.3, 0.4) is 0 Å². The van der Waals surface area contributed by atoms with Crippen molar-refractivity contribution in [2.45, 2.75) is 71.8 Å². The molecule has 0 aromatic heterocycles. The maximum atomic E-state index is 11.1. The fraction of sp³-hybridized carbons (Fsp3) is 0.938. The first-order valence-electron chi connectivity index (χ1n) is 8.14. The lowest BCUT2D eigenvalue weighted by Crippen LogP contribution is -2.21. The Hall–Kier alpha value is -0.650. The monoisotopic (exact) mass is 306 g/mol. The van der Waals surface area contributed by atoms with Crippen LogP contribution in [0.15, 0.2) is 0 Å². The van der Waals surface area contributed by atoms with Crippen molar-refractivity contribution in [2.24, 2.45) is 0 Å². The van der Waals surface area contributed by atoms with Gasteiger partial charge in [-0.25, -0.2) is 0 Å². The minimum atomic E-state index is -0.950. The van der Waals surface area contributed by atoms with Gasteiger partial charge in [-0.15, -0.1) is 0 Å². The maximum absolute atomic E-state index is 11.1. The molecule has 0 bridgehead atoms. The van der Waals surface area contributed by atoms with E-state index in [1.165, 1.54) is 25.7 Å². The molecule has 1 atom stereocenters. The topological polar surface area (TPSA) is 76.0 Å². The van der Waals surface area contributed by atoms with Gasteiger partial charge in [0.05, 0.1) is 6.61 Å². The molecule has 5 heteroatoms. The second-order valence-corrected chi connectivity index (χ2v) is 4.82. The molecular formula is C16H34O5. The predicted molar refractivity (Wildman–Crippen MR) is 84.2 cm³/mol. The van der Waals surface area contributed by atoms with E-state index in [4.69, 9.17) is 19.7 Å². The number of unbranched alkanes of at least 4 members (excludes halogenated alkanes) is 5. The van der Waals surface area contributed by atoms with Gasteiger partial charge in [-0.2, -0.15) is 0 Å². The first-order valence-corrected chi connectivity index (χ1v) is 8.14. The molecule has 0 heterocycles. The zero-order chi connectivity index (χ0) is 16.3. The van der Waals surface area contributed by atoms with Crippen LogP contribution in [0.2, 0.25) is 0 Å². The van der Waals surface area contributed by atoms with Gasteiger partial charge in [-0.05, 0) is 20.3 Å². The Balaban J connectivity index is 0. The van der Waals surface area contributed by atoms with Crippen LogP contribution in [-0.4, -0.2) is 48.7 Å². The Bertz CT molecular complexity index is 207. The Labute approximate surface area is 129 Å². The molecule has 0 spiro atoms. The van der Waals surface area contributed by atoms with E-state index in [2.05, 4.69) is 6.92 Å². The van der Waals surface area contributed by atoms with Gasteiger partial charge in [0, 0.05) is 19.6 Å². The molecule has 0 saturated heterocycles. The van der Waals surface area contributed by atoms with E-state index in [0.717, 1.165) is 26.1 Å². The number of aliphatic hydroxyl groups is 2. The normalized spacial score (nSPS) is 11.5. The van der Waals surface area contributed by atoms with Crippen molar-refractivity contribution >= 4 is 5.97 Å². The molecule has 0 radical (unpaired) electrons. The SMILES string of the molecule is CCCCCCCCC(=O)OCC(O)CO.CCOCC. The van der Waals surface area contributed by atoms with Crippen molar-refractivity contribution in [1.82, 2.24) is 0 Å². The molecule has 0 saturated carbocycles. The van der Waals surface area contributed by atoms with E-state index in [0.29, 0.717) is 6.42 Å². The van der Waals surface area contributed by atoms with E-state index >= 15 is 0 Å². The summed E-state index contributed by atoms with van der Waals surface area (Å²) in [4.78, 5) is 11.1. The minimum Gasteiger partial charge on any atom is -0.463 e. The summed E-state index contributed by atoms with van der Waals surface area (Å²) >= 11 is 0. The Kier molecular flexibility index (Phi) is 20.9. The summed E-state index contributed by atoms with van der Waals surface area (Å²) < 4.78 is 9.61. The second-order valence-electron chi connectivity index (χ2n) is 4.82. The number of rotatable bonds is 12. The van der Waals surface area contributed by atoms with Crippen molar-refractivity contribution in [1.29, 1.82) is 0 Å². The summed E-state index contributed by atoms with van der Waals surface area (Å²) in [5, 5.41) is 17.5. The van der Waals surface area contributed by atoms with Crippen LogP contribution in [0.5, 0.6) is 0 Å². The maximum Gasteiger partial charge on any atom is 0.305 e. The van der Waals surface area contributed by atoms with Crippen LogP contribution in [0.25, 0.3) is 0 Å². The van der Waals surface area contributed by atoms with Crippen molar-refractivity contribution < 1.29 is 24.5 Å². The van der Waals surface area contributed by atoms with Gasteiger partial charge < -0.3 is 19.7 Å². The molecule has 5 nitrogen and oxygen atoms in total. The fourth-order valence-corrected chi connectivity index (χ4v) is 1.57. The van der Waals surface area contributed by atoms with Gasteiger partial charge in [0.15, 0.2) is 0 Å². The molecule has 0 aliphatic rings. The van der Waals surface area contributed by atoms with Crippen molar-refractivity contribution in [3.05, 3.63) is 0 Å². The van der Waals surface area contributed by atoms with Crippen molar-refractivity contribution in [2.75, 3.05) is 26.4 Å². The first kappa shape index (κ1) is 22.6. The number of aliphatic hydroxyl groups excluding tert-OH is 2. The summed E-state index contributed by atoms with van der Waals surface area (Å²) in [6, 6.07) is 0. The van der Waals surface area contributed by atoms with Crippen LogP contribution < -0.4 is 0 Å². The van der Waals surface area contributed by atoms with Crippen LogP contribution in [0, 0.1) is 0 Å². The van der Waals surface area contributed by atoms with Gasteiger partial charge in [0.25, 0.3) is 0 Å². The van der Waals surface area contributed by atoms with E-state index in [9.17, 15) is 4.79 Å². The predicted octanol–water partition coefficient (Wildman–Crippen LogP) is 2.68. The summed E-state index contributed by atoms with van der Waals surface area (Å²) in [7, 11) is 0. The van der Waals surface area contributed by atoms with E-state index in [1.807, 2.05) is 13.8 Å². The average Bonchev–Trinajstić information content (AvgIpc) is 2.49. The molecule has 0 amide bonds. The summed E-state index contributed by atoms with van der Waals surface area (Å²) in [6.45, 7) is 7.36. The summed E-state index contributed by atoms with van der Waals surface area (Å²) in [5.74, 6) is -0.289. The van der Waals surface area contributed by atoms with Gasteiger partial charge >= 0.3 is 5.97 Å². The van der Waals surface area contributed by atoms with Crippen molar-refractivity contribution in [3.63, 3.8) is 0 Å².